The summed E-state index contributed by atoms with van der Waals surface area (Å²) in [4.78, 5) is 0. The zero-order valence-electron chi connectivity index (χ0n) is 10.9. The third-order valence-electron chi connectivity index (χ3n) is 4.23. The molecule has 1 heterocycles. The Morgan fingerprint density at radius 3 is 1.94 bits per heavy atom. The van der Waals surface area contributed by atoms with Crippen molar-refractivity contribution in [3.63, 3.8) is 0 Å². The standard InChI is InChI=1S/C16H22S2/c1-2-7-16-12-18-10-14-5-3-4-13(8-14)9-17-11-15(16)6-1/h1-2,6-7,13-14H,3-5,8-12H2/t13-,14-/m0/s1. The van der Waals surface area contributed by atoms with Crippen LogP contribution in [0.5, 0.6) is 0 Å². The molecule has 0 aromatic heterocycles. The Balaban J connectivity index is 1.73. The van der Waals surface area contributed by atoms with Gasteiger partial charge in [-0.3, -0.25) is 0 Å². The lowest BCUT2D eigenvalue weighted by Gasteiger charge is -2.28. The van der Waals surface area contributed by atoms with E-state index in [1.807, 2.05) is 0 Å². The fraction of sp³-hybridized carbons (Fsp3) is 0.625. The van der Waals surface area contributed by atoms with E-state index in [-0.39, 0.29) is 0 Å². The van der Waals surface area contributed by atoms with Crippen LogP contribution in [-0.2, 0) is 11.5 Å². The molecule has 0 nitrogen and oxygen atoms in total. The van der Waals surface area contributed by atoms with Gasteiger partial charge in [0.1, 0.15) is 0 Å². The highest BCUT2D eigenvalue weighted by Gasteiger charge is 2.22. The van der Waals surface area contributed by atoms with Crippen molar-refractivity contribution in [2.24, 2.45) is 11.8 Å². The number of benzene rings is 1. The minimum Gasteiger partial charge on any atom is -0.157 e. The summed E-state index contributed by atoms with van der Waals surface area (Å²) in [6, 6.07) is 9.05. The number of hydrogen-bond donors (Lipinski definition) is 0. The number of fused-ring (bicyclic) bond motifs is 3. The molecule has 0 spiro atoms. The third-order valence-corrected chi connectivity index (χ3v) is 6.68. The molecule has 1 aromatic carbocycles. The Hall–Kier alpha value is -0.0800. The number of thioether (sulfide) groups is 2. The van der Waals surface area contributed by atoms with Gasteiger partial charge in [0.15, 0.2) is 0 Å². The van der Waals surface area contributed by atoms with Crippen LogP contribution in [0.15, 0.2) is 24.3 Å². The van der Waals surface area contributed by atoms with Crippen molar-refractivity contribution >= 4 is 23.5 Å². The van der Waals surface area contributed by atoms with Gasteiger partial charge in [0, 0.05) is 11.5 Å². The molecule has 2 bridgehead atoms. The van der Waals surface area contributed by atoms with Crippen molar-refractivity contribution in [3.8, 4) is 0 Å². The van der Waals surface area contributed by atoms with Crippen molar-refractivity contribution in [3.05, 3.63) is 35.4 Å². The van der Waals surface area contributed by atoms with Crippen molar-refractivity contribution in [1.29, 1.82) is 0 Å². The second-order valence-corrected chi connectivity index (χ2v) is 7.76. The van der Waals surface area contributed by atoms with Crippen molar-refractivity contribution in [2.45, 2.75) is 37.2 Å². The Bertz CT molecular complexity index is 353. The van der Waals surface area contributed by atoms with Gasteiger partial charge < -0.3 is 0 Å². The molecule has 0 unspecified atom stereocenters. The van der Waals surface area contributed by atoms with E-state index in [9.17, 15) is 0 Å². The van der Waals surface area contributed by atoms with Crippen LogP contribution in [-0.4, -0.2) is 11.5 Å². The molecule has 0 N–H and O–H groups in total. The molecule has 1 aliphatic heterocycles. The molecular weight excluding hydrogens is 256 g/mol. The van der Waals surface area contributed by atoms with E-state index < -0.39 is 0 Å². The van der Waals surface area contributed by atoms with Gasteiger partial charge >= 0.3 is 0 Å². The maximum Gasteiger partial charge on any atom is 0.0187 e. The topological polar surface area (TPSA) is 0 Å². The Labute approximate surface area is 119 Å². The van der Waals surface area contributed by atoms with Crippen LogP contribution in [0.1, 0.15) is 36.8 Å². The minimum atomic E-state index is 1.000. The largest absolute Gasteiger partial charge is 0.157 e. The van der Waals surface area contributed by atoms with Gasteiger partial charge in [-0.05, 0) is 53.7 Å². The van der Waals surface area contributed by atoms with E-state index in [4.69, 9.17) is 0 Å². The molecule has 2 heteroatoms. The summed E-state index contributed by atoms with van der Waals surface area (Å²) in [7, 11) is 0. The van der Waals surface area contributed by atoms with Crippen LogP contribution in [0.3, 0.4) is 0 Å². The summed E-state index contributed by atoms with van der Waals surface area (Å²) in [5.41, 5.74) is 3.15. The highest BCUT2D eigenvalue weighted by Crippen LogP contribution is 2.35. The van der Waals surface area contributed by atoms with Crippen LogP contribution >= 0.6 is 23.5 Å². The van der Waals surface area contributed by atoms with Crippen molar-refractivity contribution < 1.29 is 0 Å². The lowest BCUT2D eigenvalue weighted by atomic mass is 9.83. The molecule has 98 valence electrons. The average molecular weight is 278 g/mol. The van der Waals surface area contributed by atoms with Gasteiger partial charge in [0.05, 0.1) is 0 Å². The summed E-state index contributed by atoms with van der Waals surface area (Å²) in [6.45, 7) is 0. The first kappa shape index (κ1) is 12.9. The molecule has 1 aromatic rings. The molecule has 0 saturated heterocycles. The summed E-state index contributed by atoms with van der Waals surface area (Å²) < 4.78 is 0. The van der Waals surface area contributed by atoms with Crippen LogP contribution in [0, 0.1) is 11.8 Å². The first-order valence-electron chi connectivity index (χ1n) is 7.14. The SMILES string of the molecule is c1ccc2c(c1)CSC[C@H]1CCC[C@H](CSC2)C1. The average Bonchev–Trinajstić information content (AvgIpc) is 2.43. The van der Waals surface area contributed by atoms with Gasteiger partial charge in [-0.25, -0.2) is 0 Å². The molecule has 0 amide bonds. The van der Waals surface area contributed by atoms with Gasteiger partial charge in [-0.1, -0.05) is 30.7 Å². The van der Waals surface area contributed by atoms with Crippen LogP contribution in [0.25, 0.3) is 0 Å². The molecule has 3 rings (SSSR count). The molecule has 1 saturated carbocycles. The summed E-state index contributed by atoms with van der Waals surface area (Å²) in [5.74, 6) is 7.21. The zero-order chi connectivity index (χ0) is 12.2. The van der Waals surface area contributed by atoms with Crippen molar-refractivity contribution in [1.82, 2.24) is 0 Å². The maximum absolute atomic E-state index is 2.33. The fourth-order valence-electron chi connectivity index (χ4n) is 3.22. The van der Waals surface area contributed by atoms with Gasteiger partial charge in [-0.15, -0.1) is 0 Å². The van der Waals surface area contributed by atoms with E-state index in [0.717, 1.165) is 11.8 Å². The normalized spacial score (nSPS) is 29.1. The van der Waals surface area contributed by atoms with E-state index in [2.05, 4.69) is 47.8 Å². The molecule has 0 radical (unpaired) electrons. The monoisotopic (exact) mass is 278 g/mol. The third kappa shape index (κ3) is 3.27. The second-order valence-electron chi connectivity index (χ2n) is 5.70. The van der Waals surface area contributed by atoms with E-state index >= 15 is 0 Å². The molecule has 2 aliphatic rings. The lowest BCUT2D eigenvalue weighted by molar-refractivity contribution is 0.309. The summed E-state index contributed by atoms with van der Waals surface area (Å²) in [6.07, 6.45) is 5.94. The predicted octanol–water partition coefficient (Wildman–Crippen LogP) is 4.97. The fourth-order valence-corrected chi connectivity index (χ4v) is 5.73. The number of hydrogen-bond acceptors (Lipinski definition) is 2. The van der Waals surface area contributed by atoms with Crippen molar-refractivity contribution in [2.75, 3.05) is 11.5 Å². The van der Waals surface area contributed by atoms with Gasteiger partial charge in [0.25, 0.3) is 0 Å². The Morgan fingerprint density at radius 1 is 0.833 bits per heavy atom. The van der Waals surface area contributed by atoms with E-state index in [1.54, 1.807) is 11.1 Å². The smallest absolute Gasteiger partial charge is 0.0187 e. The predicted molar refractivity (Wildman–Crippen MR) is 84.2 cm³/mol. The minimum absolute atomic E-state index is 1.000. The molecule has 1 fully saturated rings. The van der Waals surface area contributed by atoms with E-state index in [0.29, 0.717) is 0 Å². The highest BCUT2D eigenvalue weighted by atomic mass is 32.2. The molecular formula is C16H22S2. The summed E-state index contributed by atoms with van der Waals surface area (Å²) >= 11 is 4.33. The number of rotatable bonds is 0. The quantitative estimate of drug-likeness (QED) is 0.657. The van der Waals surface area contributed by atoms with Crippen LogP contribution in [0.4, 0.5) is 0 Å². The van der Waals surface area contributed by atoms with Gasteiger partial charge in [0.2, 0.25) is 0 Å². The highest BCUT2D eigenvalue weighted by molar-refractivity contribution is 7.98. The molecule has 1 aliphatic carbocycles. The lowest BCUT2D eigenvalue weighted by Crippen LogP contribution is -2.18. The first-order valence-corrected chi connectivity index (χ1v) is 9.45. The van der Waals surface area contributed by atoms with Crippen LogP contribution in [0.2, 0.25) is 0 Å². The molecule has 2 atom stereocenters. The maximum atomic E-state index is 2.33. The first-order chi connectivity index (χ1) is 8.92. The Morgan fingerprint density at radius 2 is 1.39 bits per heavy atom. The zero-order valence-corrected chi connectivity index (χ0v) is 12.6. The molecule has 18 heavy (non-hydrogen) atoms. The van der Waals surface area contributed by atoms with E-state index in [1.165, 1.54) is 48.7 Å². The van der Waals surface area contributed by atoms with Gasteiger partial charge in [-0.2, -0.15) is 23.5 Å². The van der Waals surface area contributed by atoms with Crippen LogP contribution < -0.4 is 0 Å². The second kappa shape index (κ2) is 6.38. The summed E-state index contributed by atoms with van der Waals surface area (Å²) in [5, 5.41) is 0. The Kier molecular flexibility index (Phi) is 4.58.